The van der Waals surface area contributed by atoms with E-state index in [-0.39, 0.29) is 12.4 Å². The Labute approximate surface area is 177 Å². The zero-order chi connectivity index (χ0) is 20.6. The van der Waals surface area contributed by atoms with Gasteiger partial charge in [-0.3, -0.25) is 0 Å². The molecule has 0 radical (unpaired) electrons. The summed E-state index contributed by atoms with van der Waals surface area (Å²) < 4.78 is 21.7. The van der Waals surface area contributed by atoms with Crippen LogP contribution in [0.5, 0.6) is 5.75 Å². The lowest BCUT2D eigenvalue weighted by atomic mass is 9.98. The van der Waals surface area contributed by atoms with E-state index in [0.717, 1.165) is 37.1 Å². The zero-order valence-corrected chi connectivity index (χ0v) is 16.9. The molecule has 2 aliphatic heterocycles. The van der Waals surface area contributed by atoms with Gasteiger partial charge in [-0.2, -0.15) is 0 Å². The highest BCUT2D eigenvalue weighted by Gasteiger charge is 2.28. The SMILES string of the molecule is O=C(OCc1ccccc1)N1CCC(c2ccc(OCCCC3OC=CO3)cc2)C1. The molecule has 0 aromatic heterocycles. The van der Waals surface area contributed by atoms with Crippen LogP contribution in [0, 0.1) is 0 Å². The molecule has 6 nitrogen and oxygen atoms in total. The van der Waals surface area contributed by atoms with E-state index in [4.69, 9.17) is 18.9 Å². The molecule has 0 saturated carbocycles. The molecule has 1 amide bonds. The van der Waals surface area contributed by atoms with Gasteiger partial charge in [-0.15, -0.1) is 0 Å². The Kier molecular flexibility index (Phi) is 6.75. The quantitative estimate of drug-likeness (QED) is 0.586. The summed E-state index contributed by atoms with van der Waals surface area (Å²) in [6.07, 6.45) is 5.30. The summed E-state index contributed by atoms with van der Waals surface area (Å²) in [7, 11) is 0. The van der Waals surface area contributed by atoms with Gasteiger partial charge in [-0.05, 0) is 36.1 Å². The molecule has 0 N–H and O–H groups in total. The second-order valence-electron chi connectivity index (χ2n) is 7.51. The first-order valence-corrected chi connectivity index (χ1v) is 10.4. The third kappa shape index (κ3) is 5.47. The predicted octanol–water partition coefficient (Wildman–Crippen LogP) is 4.82. The van der Waals surface area contributed by atoms with Crippen LogP contribution in [0.3, 0.4) is 0 Å². The van der Waals surface area contributed by atoms with E-state index in [1.807, 2.05) is 42.5 Å². The fourth-order valence-electron chi connectivity index (χ4n) is 3.69. The summed E-state index contributed by atoms with van der Waals surface area (Å²) in [5.41, 5.74) is 2.22. The van der Waals surface area contributed by atoms with E-state index in [1.165, 1.54) is 5.56 Å². The summed E-state index contributed by atoms with van der Waals surface area (Å²) in [5, 5.41) is 0. The zero-order valence-electron chi connectivity index (χ0n) is 16.9. The molecule has 1 unspecified atom stereocenters. The molecule has 0 spiro atoms. The van der Waals surface area contributed by atoms with E-state index >= 15 is 0 Å². The van der Waals surface area contributed by atoms with Crippen molar-refractivity contribution in [3.8, 4) is 5.75 Å². The second-order valence-corrected chi connectivity index (χ2v) is 7.51. The van der Waals surface area contributed by atoms with Crippen molar-refractivity contribution < 1.29 is 23.7 Å². The van der Waals surface area contributed by atoms with Gasteiger partial charge in [0.25, 0.3) is 0 Å². The van der Waals surface area contributed by atoms with Crippen LogP contribution >= 0.6 is 0 Å². The fraction of sp³-hybridized carbons (Fsp3) is 0.375. The Morgan fingerprint density at radius 3 is 2.57 bits per heavy atom. The average Bonchev–Trinajstić information content (AvgIpc) is 3.49. The lowest BCUT2D eigenvalue weighted by Crippen LogP contribution is -2.29. The molecule has 4 rings (SSSR count). The lowest BCUT2D eigenvalue weighted by molar-refractivity contribution is -0.0310. The number of nitrogens with zero attached hydrogens (tertiary/aromatic N) is 1. The summed E-state index contributed by atoms with van der Waals surface area (Å²) in [5.74, 6) is 1.18. The maximum absolute atomic E-state index is 12.4. The molecule has 30 heavy (non-hydrogen) atoms. The number of rotatable bonds is 8. The molecule has 6 heteroatoms. The minimum absolute atomic E-state index is 0.180. The average molecular weight is 409 g/mol. The molecule has 0 bridgehead atoms. The van der Waals surface area contributed by atoms with Crippen LogP contribution in [0.2, 0.25) is 0 Å². The number of benzene rings is 2. The number of hydrogen-bond donors (Lipinski definition) is 0. The second kappa shape index (κ2) is 10.1. The standard InChI is InChI=1S/C24H27NO5/c26-24(30-18-19-5-2-1-3-6-19)25-13-12-21(17-25)20-8-10-22(11-9-20)27-14-4-7-23-28-15-16-29-23/h1-3,5-6,8-11,15-16,21,23H,4,7,12-14,17-18H2. The van der Waals surface area contributed by atoms with Gasteiger partial charge in [0.05, 0.1) is 6.61 Å². The molecule has 158 valence electrons. The van der Waals surface area contributed by atoms with Crippen molar-refractivity contribution in [1.29, 1.82) is 0 Å². The summed E-state index contributed by atoms with van der Waals surface area (Å²) in [6, 6.07) is 17.9. The molecule has 2 heterocycles. The van der Waals surface area contributed by atoms with Crippen LogP contribution < -0.4 is 4.74 Å². The molecule has 1 saturated heterocycles. The number of hydrogen-bond acceptors (Lipinski definition) is 5. The van der Waals surface area contributed by atoms with Gasteiger partial charge in [0.1, 0.15) is 24.9 Å². The van der Waals surface area contributed by atoms with Crippen molar-refractivity contribution in [2.45, 2.75) is 38.1 Å². The lowest BCUT2D eigenvalue weighted by Gasteiger charge is -2.17. The van der Waals surface area contributed by atoms with Gasteiger partial charge in [-0.1, -0.05) is 42.5 Å². The van der Waals surface area contributed by atoms with E-state index < -0.39 is 0 Å². The van der Waals surface area contributed by atoms with Crippen LogP contribution in [0.1, 0.15) is 36.3 Å². The fourth-order valence-corrected chi connectivity index (χ4v) is 3.69. The minimum Gasteiger partial charge on any atom is -0.494 e. The Morgan fingerprint density at radius 2 is 1.80 bits per heavy atom. The Balaban J connectivity index is 1.18. The van der Waals surface area contributed by atoms with Gasteiger partial charge in [-0.25, -0.2) is 4.79 Å². The molecule has 2 aromatic carbocycles. The van der Waals surface area contributed by atoms with E-state index in [0.29, 0.717) is 25.7 Å². The van der Waals surface area contributed by atoms with Crippen LogP contribution in [0.25, 0.3) is 0 Å². The Hall–Kier alpha value is -3.15. The maximum Gasteiger partial charge on any atom is 0.410 e. The van der Waals surface area contributed by atoms with Crippen LogP contribution in [0.4, 0.5) is 4.79 Å². The van der Waals surface area contributed by atoms with Crippen molar-refractivity contribution in [1.82, 2.24) is 4.90 Å². The molecular weight excluding hydrogens is 382 g/mol. The number of ether oxygens (including phenoxy) is 4. The van der Waals surface area contributed by atoms with E-state index in [2.05, 4.69) is 12.1 Å². The topological polar surface area (TPSA) is 57.2 Å². The van der Waals surface area contributed by atoms with Crippen LogP contribution in [-0.2, 0) is 20.8 Å². The normalized spacial score (nSPS) is 18.1. The highest BCUT2D eigenvalue weighted by atomic mass is 16.7. The van der Waals surface area contributed by atoms with E-state index in [1.54, 1.807) is 17.4 Å². The van der Waals surface area contributed by atoms with Gasteiger partial charge in [0.15, 0.2) is 0 Å². The summed E-state index contributed by atoms with van der Waals surface area (Å²) in [4.78, 5) is 14.1. The predicted molar refractivity (Wildman–Crippen MR) is 112 cm³/mol. The van der Waals surface area contributed by atoms with E-state index in [9.17, 15) is 4.79 Å². The molecule has 1 fully saturated rings. The van der Waals surface area contributed by atoms with Crippen LogP contribution in [-0.4, -0.2) is 37.0 Å². The molecule has 1 atom stereocenters. The number of carbonyl (C=O) groups is 1. The van der Waals surface area contributed by atoms with Crippen molar-refractivity contribution >= 4 is 6.09 Å². The highest BCUT2D eigenvalue weighted by Crippen LogP contribution is 2.29. The monoisotopic (exact) mass is 409 g/mol. The first-order valence-electron chi connectivity index (χ1n) is 10.4. The number of amides is 1. The smallest absolute Gasteiger partial charge is 0.410 e. The summed E-state index contributed by atoms with van der Waals surface area (Å²) >= 11 is 0. The van der Waals surface area contributed by atoms with Gasteiger partial charge in [0, 0.05) is 25.4 Å². The highest BCUT2D eigenvalue weighted by molar-refractivity contribution is 5.68. The van der Waals surface area contributed by atoms with Crippen molar-refractivity contribution in [2.75, 3.05) is 19.7 Å². The first-order chi connectivity index (χ1) is 14.8. The number of likely N-dealkylation sites (tertiary alicyclic amines) is 1. The minimum atomic E-state index is -0.244. The Morgan fingerprint density at radius 1 is 1.03 bits per heavy atom. The Bertz CT molecular complexity index is 828. The maximum atomic E-state index is 12.4. The molecule has 2 aliphatic rings. The number of carbonyl (C=O) groups excluding carboxylic acids is 1. The van der Waals surface area contributed by atoms with Gasteiger partial charge >= 0.3 is 6.09 Å². The van der Waals surface area contributed by atoms with Gasteiger partial charge in [0.2, 0.25) is 6.29 Å². The van der Waals surface area contributed by atoms with Crippen molar-refractivity contribution in [2.24, 2.45) is 0 Å². The van der Waals surface area contributed by atoms with Crippen LogP contribution in [0.15, 0.2) is 67.1 Å². The third-order valence-electron chi connectivity index (χ3n) is 5.37. The largest absolute Gasteiger partial charge is 0.494 e. The molecular formula is C24H27NO5. The molecule has 2 aromatic rings. The third-order valence-corrected chi connectivity index (χ3v) is 5.37. The van der Waals surface area contributed by atoms with Crippen molar-refractivity contribution in [3.63, 3.8) is 0 Å². The van der Waals surface area contributed by atoms with Gasteiger partial charge < -0.3 is 23.8 Å². The first kappa shape index (κ1) is 20.1. The summed E-state index contributed by atoms with van der Waals surface area (Å²) in [6.45, 7) is 2.33. The van der Waals surface area contributed by atoms with Crippen molar-refractivity contribution in [3.05, 3.63) is 78.2 Å². The molecule has 0 aliphatic carbocycles.